The van der Waals surface area contributed by atoms with Gasteiger partial charge in [0.05, 0.1) is 12.2 Å². The Balaban J connectivity index is 1.87. The number of benzene rings is 1. The van der Waals surface area contributed by atoms with Crippen molar-refractivity contribution in [3.05, 3.63) is 35.4 Å². The summed E-state index contributed by atoms with van der Waals surface area (Å²) in [6.07, 6.45) is 3.97. The summed E-state index contributed by atoms with van der Waals surface area (Å²) in [5.74, 6) is 0.153. The van der Waals surface area contributed by atoms with Crippen LogP contribution in [0.15, 0.2) is 24.3 Å². The third-order valence-electron chi connectivity index (χ3n) is 3.59. The third-order valence-corrected chi connectivity index (χ3v) is 3.59. The lowest BCUT2D eigenvalue weighted by Crippen LogP contribution is -2.29. The molecule has 1 fully saturated rings. The number of likely N-dealkylation sites (tertiary alicyclic amines) is 1. The molecule has 110 valence electrons. The summed E-state index contributed by atoms with van der Waals surface area (Å²) in [7, 11) is 0. The largest absolute Gasteiger partial charge is 0.462 e. The standard InChI is InChI=1S/C17H25NO2/c1-14(2)13-20-17(19)16-8-6-15(7-9-16)12-18-10-4-3-5-11-18/h6-9,14H,3-5,10-13H2,1-2H3. The highest BCUT2D eigenvalue weighted by atomic mass is 16.5. The van der Waals surface area contributed by atoms with Crippen molar-refractivity contribution in [3.63, 3.8) is 0 Å². The molecule has 1 aromatic carbocycles. The van der Waals surface area contributed by atoms with Gasteiger partial charge in [-0.2, -0.15) is 0 Å². The van der Waals surface area contributed by atoms with Gasteiger partial charge in [-0.15, -0.1) is 0 Å². The van der Waals surface area contributed by atoms with Crippen LogP contribution < -0.4 is 0 Å². The van der Waals surface area contributed by atoms with Crippen LogP contribution in [0, 0.1) is 5.92 Å². The smallest absolute Gasteiger partial charge is 0.338 e. The SMILES string of the molecule is CC(C)COC(=O)c1ccc(CN2CCCCC2)cc1. The quantitative estimate of drug-likeness (QED) is 0.770. The highest BCUT2D eigenvalue weighted by Gasteiger charge is 2.11. The van der Waals surface area contributed by atoms with E-state index in [1.807, 2.05) is 38.1 Å². The molecule has 0 spiro atoms. The van der Waals surface area contributed by atoms with Crippen molar-refractivity contribution in [2.45, 2.75) is 39.7 Å². The van der Waals surface area contributed by atoms with Crippen LogP contribution in [0.3, 0.4) is 0 Å². The number of carbonyl (C=O) groups is 1. The van der Waals surface area contributed by atoms with Crippen molar-refractivity contribution in [1.82, 2.24) is 4.90 Å². The number of ether oxygens (including phenoxy) is 1. The first-order valence-corrected chi connectivity index (χ1v) is 7.63. The molecular formula is C17H25NO2. The van der Waals surface area contributed by atoms with Crippen LogP contribution in [-0.2, 0) is 11.3 Å². The molecule has 1 aromatic rings. The van der Waals surface area contributed by atoms with Gasteiger partial charge in [-0.1, -0.05) is 32.4 Å². The summed E-state index contributed by atoms with van der Waals surface area (Å²) in [6.45, 7) is 7.93. The summed E-state index contributed by atoms with van der Waals surface area (Å²) < 4.78 is 5.23. The van der Waals surface area contributed by atoms with E-state index >= 15 is 0 Å². The van der Waals surface area contributed by atoms with E-state index in [4.69, 9.17) is 4.74 Å². The first kappa shape index (κ1) is 15.0. The second kappa shape index (κ2) is 7.44. The van der Waals surface area contributed by atoms with E-state index < -0.39 is 0 Å². The second-order valence-corrected chi connectivity index (χ2v) is 6.03. The highest BCUT2D eigenvalue weighted by Crippen LogP contribution is 2.14. The molecule has 3 heteroatoms. The first-order chi connectivity index (χ1) is 9.65. The molecule has 0 atom stereocenters. The summed E-state index contributed by atoms with van der Waals surface area (Å²) in [5, 5.41) is 0. The van der Waals surface area contributed by atoms with Gasteiger partial charge < -0.3 is 4.74 Å². The highest BCUT2D eigenvalue weighted by molar-refractivity contribution is 5.89. The molecule has 0 aromatic heterocycles. The van der Waals surface area contributed by atoms with Crippen LogP contribution in [0.4, 0.5) is 0 Å². The predicted molar refractivity (Wildman–Crippen MR) is 80.7 cm³/mol. The summed E-state index contributed by atoms with van der Waals surface area (Å²) in [4.78, 5) is 14.3. The molecule has 2 rings (SSSR count). The molecule has 0 saturated carbocycles. The lowest BCUT2D eigenvalue weighted by molar-refractivity contribution is 0.0459. The van der Waals surface area contributed by atoms with Crippen LogP contribution in [0.2, 0.25) is 0 Å². The Morgan fingerprint density at radius 3 is 2.40 bits per heavy atom. The van der Waals surface area contributed by atoms with Crippen molar-refractivity contribution in [1.29, 1.82) is 0 Å². The molecule has 0 amide bonds. The van der Waals surface area contributed by atoms with Gasteiger partial charge in [0.25, 0.3) is 0 Å². The maximum Gasteiger partial charge on any atom is 0.338 e. The van der Waals surface area contributed by atoms with Crippen LogP contribution in [-0.4, -0.2) is 30.6 Å². The summed E-state index contributed by atoms with van der Waals surface area (Å²) in [6, 6.07) is 7.84. The molecule has 0 aliphatic carbocycles. The molecule has 1 heterocycles. The number of rotatable bonds is 5. The van der Waals surface area contributed by atoms with Crippen molar-refractivity contribution in [2.75, 3.05) is 19.7 Å². The van der Waals surface area contributed by atoms with E-state index in [9.17, 15) is 4.79 Å². The van der Waals surface area contributed by atoms with Crippen molar-refractivity contribution < 1.29 is 9.53 Å². The van der Waals surface area contributed by atoms with Gasteiger partial charge in [-0.3, -0.25) is 4.90 Å². The van der Waals surface area contributed by atoms with Gasteiger partial charge in [-0.25, -0.2) is 4.79 Å². The van der Waals surface area contributed by atoms with Crippen LogP contribution in [0.25, 0.3) is 0 Å². The Morgan fingerprint density at radius 1 is 1.15 bits per heavy atom. The van der Waals surface area contributed by atoms with Crippen molar-refractivity contribution >= 4 is 5.97 Å². The monoisotopic (exact) mass is 275 g/mol. The zero-order chi connectivity index (χ0) is 14.4. The maximum atomic E-state index is 11.8. The van der Waals surface area contributed by atoms with Crippen LogP contribution in [0.1, 0.15) is 49.0 Å². The normalized spacial score (nSPS) is 16.4. The zero-order valence-corrected chi connectivity index (χ0v) is 12.6. The molecule has 1 aliphatic rings. The third kappa shape index (κ3) is 4.64. The zero-order valence-electron chi connectivity index (χ0n) is 12.6. The molecule has 0 radical (unpaired) electrons. The van der Waals surface area contributed by atoms with E-state index in [2.05, 4.69) is 4.90 Å². The van der Waals surface area contributed by atoms with E-state index in [0.717, 1.165) is 6.54 Å². The Kier molecular flexibility index (Phi) is 5.60. The molecule has 0 bridgehead atoms. The number of carbonyl (C=O) groups excluding carboxylic acids is 1. The van der Waals surface area contributed by atoms with Gasteiger partial charge in [0.1, 0.15) is 0 Å². The van der Waals surface area contributed by atoms with Crippen molar-refractivity contribution in [2.24, 2.45) is 5.92 Å². The van der Waals surface area contributed by atoms with Gasteiger partial charge in [0.2, 0.25) is 0 Å². The molecule has 0 unspecified atom stereocenters. The number of nitrogens with zero attached hydrogens (tertiary/aromatic N) is 1. The Bertz CT molecular complexity index is 419. The average Bonchev–Trinajstić information content (AvgIpc) is 2.46. The molecule has 1 saturated heterocycles. The minimum Gasteiger partial charge on any atom is -0.462 e. The fraction of sp³-hybridized carbons (Fsp3) is 0.588. The minimum absolute atomic E-state index is 0.219. The molecule has 0 N–H and O–H groups in total. The average molecular weight is 275 g/mol. The molecular weight excluding hydrogens is 250 g/mol. The summed E-state index contributed by atoms with van der Waals surface area (Å²) >= 11 is 0. The van der Waals surface area contributed by atoms with E-state index in [1.165, 1.54) is 37.9 Å². The second-order valence-electron chi connectivity index (χ2n) is 6.03. The molecule has 1 aliphatic heterocycles. The van der Waals surface area contributed by atoms with E-state index in [-0.39, 0.29) is 5.97 Å². The number of hydrogen-bond acceptors (Lipinski definition) is 3. The topological polar surface area (TPSA) is 29.5 Å². The van der Waals surface area contributed by atoms with Crippen LogP contribution in [0.5, 0.6) is 0 Å². The Hall–Kier alpha value is -1.35. The fourth-order valence-electron chi connectivity index (χ4n) is 2.45. The van der Waals surface area contributed by atoms with Gasteiger partial charge in [-0.05, 0) is 49.5 Å². The lowest BCUT2D eigenvalue weighted by Gasteiger charge is -2.26. The Labute approximate surface area is 121 Å². The van der Waals surface area contributed by atoms with Gasteiger partial charge in [0.15, 0.2) is 0 Å². The number of piperidine rings is 1. The lowest BCUT2D eigenvalue weighted by atomic mass is 10.1. The van der Waals surface area contributed by atoms with E-state index in [1.54, 1.807) is 0 Å². The number of esters is 1. The molecule has 20 heavy (non-hydrogen) atoms. The van der Waals surface area contributed by atoms with Crippen LogP contribution >= 0.6 is 0 Å². The molecule has 3 nitrogen and oxygen atoms in total. The summed E-state index contributed by atoms with van der Waals surface area (Å²) in [5.41, 5.74) is 1.92. The Morgan fingerprint density at radius 2 is 1.80 bits per heavy atom. The minimum atomic E-state index is -0.219. The predicted octanol–water partition coefficient (Wildman–Crippen LogP) is 3.49. The number of hydrogen-bond donors (Lipinski definition) is 0. The van der Waals surface area contributed by atoms with Gasteiger partial charge in [0, 0.05) is 6.54 Å². The van der Waals surface area contributed by atoms with Gasteiger partial charge >= 0.3 is 5.97 Å². The maximum absolute atomic E-state index is 11.8. The first-order valence-electron chi connectivity index (χ1n) is 7.63. The fourth-order valence-corrected chi connectivity index (χ4v) is 2.45. The van der Waals surface area contributed by atoms with Crippen molar-refractivity contribution in [3.8, 4) is 0 Å². The van der Waals surface area contributed by atoms with E-state index in [0.29, 0.717) is 18.1 Å².